The van der Waals surface area contributed by atoms with Crippen molar-refractivity contribution in [3.63, 3.8) is 0 Å². The molecule has 0 aliphatic rings. The molecular formula is C12H16N2O6S. The van der Waals surface area contributed by atoms with Gasteiger partial charge < -0.3 is 4.74 Å². The van der Waals surface area contributed by atoms with Gasteiger partial charge in [-0.05, 0) is 0 Å². The lowest BCUT2D eigenvalue weighted by Gasteiger charge is -2.16. The lowest BCUT2D eigenvalue weighted by atomic mass is 10.2. The fourth-order valence-corrected chi connectivity index (χ4v) is 2.83. The van der Waals surface area contributed by atoms with Gasteiger partial charge in [0.25, 0.3) is 5.69 Å². The Morgan fingerprint density at radius 3 is 2.57 bits per heavy atom. The molecule has 0 radical (unpaired) electrons. The second-order valence-electron chi connectivity index (χ2n) is 4.29. The van der Waals surface area contributed by atoms with Crippen LogP contribution in [0, 0.1) is 10.1 Å². The molecule has 0 aliphatic carbocycles. The van der Waals surface area contributed by atoms with Crippen molar-refractivity contribution in [3.05, 3.63) is 39.9 Å². The molecule has 0 fully saturated rings. The highest BCUT2D eigenvalue weighted by atomic mass is 32.2. The van der Waals surface area contributed by atoms with E-state index in [0.29, 0.717) is 0 Å². The van der Waals surface area contributed by atoms with Crippen molar-refractivity contribution in [1.82, 2.24) is 4.31 Å². The lowest BCUT2D eigenvalue weighted by molar-refractivity contribution is -0.385. The summed E-state index contributed by atoms with van der Waals surface area (Å²) in [6, 6.07) is 5.64. The number of esters is 1. The molecule has 116 valence electrons. The van der Waals surface area contributed by atoms with Crippen LogP contribution in [0.2, 0.25) is 0 Å². The fraction of sp³-hybridized carbons (Fsp3) is 0.417. The molecule has 0 aliphatic heterocycles. The minimum atomic E-state index is -3.75. The zero-order valence-electron chi connectivity index (χ0n) is 11.7. The van der Waals surface area contributed by atoms with Crippen LogP contribution < -0.4 is 0 Å². The van der Waals surface area contributed by atoms with Gasteiger partial charge in [0.05, 0.1) is 24.2 Å². The van der Waals surface area contributed by atoms with Gasteiger partial charge in [0.15, 0.2) is 0 Å². The Balaban J connectivity index is 2.85. The van der Waals surface area contributed by atoms with Gasteiger partial charge >= 0.3 is 5.97 Å². The van der Waals surface area contributed by atoms with E-state index in [1.807, 2.05) is 0 Å². The van der Waals surface area contributed by atoms with Crippen LogP contribution in [0.1, 0.15) is 12.0 Å². The zero-order valence-corrected chi connectivity index (χ0v) is 12.5. The van der Waals surface area contributed by atoms with Crippen LogP contribution in [0.4, 0.5) is 5.69 Å². The zero-order chi connectivity index (χ0) is 16.0. The van der Waals surface area contributed by atoms with E-state index in [9.17, 15) is 23.3 Å². The minimum absolute atomic E-state index is 0.0460. The third kappa shape index (κ3) is 4.80. The Morgan fingerprint density at radius 2 is 2.00 bits per heavy atom. The molecule has 0 atom stereocenters. The van der Waals surface area contributed by atoms with Crippen molar-refractivity contribution in [1.29, 1.82) is 0 Å². The smallest absolute Gasteiger partial charge is 0.306 e. The van der Waals surface area contributed by atoms with Crippen molar-refractivity contribution in [3.8, 4) is 0 Å². The number of methoxy groups -OCH3 is 1. The summed E-state index contributed by atoms with van der Waals surface area (Å²) in [6.07, 6.45) is -0.0802. The number of sulfonamides is 1. The third-order valence-electron chi connectivity index (χ3n) is 2.86. The van der Waals surface area contributed by atoms with E-state index >= 15 is 0 Å². The van der Waals surface area contributed by atoms with Gasteiger partial charge in [0.1, 0.15) is 0 Å². The summed E-state index contributed by atoms with van der Waals surface area (Å²) >= 11 is 0. The van der Waals surface area contributed by atoms with Crippen LogP contribution in [0.3, 0.4) is 0 Å². The average molecular weight is 316 g/mol. The number of hydrogen-bond acceptors (Lipinski definition) is 6. The number of nitro groups is 1. The Morgan fingerprint density at radius 1 is 1.38 bits per heavy atom. The molecule has 9 heteroatoms. The predicted molar refractivity (Wildman–Crippen MR) is 75.0 cm³/mol. The average Bonchev–Trinajstić information content (AvgIpc) is 2.44. The van der Waals surface area contributed by atoms with E-state index in [0.717, 1.165) is 4.31 Å². The maximum atomic E-state index is 12.1. The van der Waals surface area contributed by atoms with Crippen LogP contribution in [-0.4, -0.2) is 44.3 Å². The highest BCUT2D eigenvalue weighted by Crippen LogP contribution is 2.21. The third-order valence-corrected chi connectivity index (χ3v) is 4.67. The van der Waals surface area contributed by atoms with Gasteiger partial charge in [-0.25, -0.2) is 12.7 Å². The van der Waals surface area contributed by atoms with Crippen LogP contribution in [-0.2, 0) is 25.3 Å². The Labute approximate surface area is 122 Å². The van der Waals surface area contributed by atoms with Crippen molar-refractivity contribution < 1.29 is 22.9 Å². The SMILES string of the molecule is COC(=O)CCN(C)S(=O)(=O)Cc1ccccc1[N+](=O)[O-]. The van der Waals surface area contributed by atoms with E-state index in [2.05, 4.69) is 4.74 Å². The number of para-hydroxylation sites is 1. The van der Waals surface area contributed by atoms with Crippen molar-refractivity contribution in [2.75, 3.05) is 20.7 Å². The molecule has 0 bridgehead atoms. The van der Waals surface area contributed by atoms with Gasteiger partial charge in [-0.1, -0.05) is 18.2 Å². The Bertz CT molecular complexity index is 628. The largest absolute Gasteiger partial charge is 0.469 e. The number of carbonyl (C=O) groups is 1. The number of benzene rings is 1. The number of rotatable bonds is 7. The van der Waals surface area contributed by atoms with Crippen LogP contribution in [0.25, 0.3) is 0 Å². The van der Waals surface area contributed by atoms with Gasteiger partial charge in [-0.3, -0.25) is 14.9 Å². The first-order valence-electron chi connectivity index (χ1n) is 6.01. The number of carbonyl (C=O) groups excluding carboxylic acids is 1. The molecule has 0 N–H and O–H groups in total. The van der Waals surface area contributed by atoms with Crippen molar-refractivity contribution in [2.24, 2.45) is 0 Å². The summed E-state index contributed by atoms with van der Waals surface area (Å²) in [4.78, 5) is 21.3. The first-order valence-corrected chi connectivity index (χ1v) is 7.62. The van der Waals surface area contributed by atoms with E-state index in [1.165, 1.54) is 38.4 Å². The molecule has 0 unspecified atom stereocenters. The summed E-state index contributed by atoms with van der Waals surface area (Å²) in [5, 5.41) is 10.9. The monoisotopic (exact) mass is 316 g/mol. The summed E-state index contributed by atoms with van der Waals surface area (Å²) in [6.45, 7) is -0.0460. The van der Waals surface area contributed by atoms with Crippen LogP contribution >= 0.6 is 0 Å². The van der Waals surface area contributed by atoms with Crippen molar-refractivity contribution in [2.45, 2.75) is 12.2 Å². The molecule has 1 aromatic carbocycles. The molecule has 0 saturated carbocycles. The molecule has 1 aromatic rings. The summed E-state index contributed by atoms with van der Waals surface area (Å²) in [5.74, 6) is -1.02. The molecule has 21 heavy (non-hydrogen) atoms. The van der Waals surface area contributed by atoms with Crippen LogP contribution in [0.5, 0.6) is 0 Å². The first kappa shape index (κ1) is 17.1. The van der Waals surface area contributed by atoms with Crippen molar-refractivity contribution >= 4 is 21.7 Å². The second kappa shape index (κ2) is 7.14. The molecule has 0 heterocycles. The quantitative estimate of drug-likeness (QED) is 0.420. The Kier molecular flexibility index (Phi) is 5.79. The number of nitro benzene ring substituents is 1. The second-order valence-corrected chi connectivity index (χ2v) is 6.37. The molecule has 0 spiro atoms. The first-order chi connectivity index (χ1) is 9.77. The maximum Gasteiger partial charge on any atom is 0.306 e. The fourth-order valence-electron chi connectivity index (χ4n) is 1.61. The lowest BCUT2D eigenvalue weighted by Crippen LogP contribution is -2.30. The standard InChI is InChI=1S/C12H16N2O6S/c1-13(8-7-12(15)20-2)21(18,19)9-10-5-3-4-6-11(10)14(16)17/h3-6H,7-9H2,1-2H3. The van der Waals surface area contributed by atoms with Gasteiger partial charge in [-0.2, -0.15) is 0 Å². The predicted octanol–water partition coefficient (Wildman–Crippen LogP) is 0.919. The van der Waals surface area contributed by atoms with E-state index in [-0.39, 0.29) is 24.2 Å². The van der Waals surface area contributed by atoms with E-state index in [1.54, 1.807) is 0 Å². The summed E-state index contributed by atoms with van der Waals surface area (Å²) in [5.41, 5.74) is -0.144. The molecule has 8 nitrogen and oxygen atoms in total. The summed E-state index contributed by atoms with van der Waals surface area (Å²) in [7, 11) is -1.23. The number of hydrogen-bond donors (Lipinski definition) is 0. The normalized spacial score (nSPS) is 11.4. The maximum absolute atomic E-state index is 12.1. The van der Waals surface area contributed by atoms with Gasteiger partial charge in [0, 0.05) is 25.2 Å². The van der Waals surface area contributed by atoms with Gasteiger partial charge in [0.2, 0.25) is 10.0 Å². The van der Waals surface area contributed by atoms with Gasteiger partial charge in [-0.15, -0.1) is 0 Å². The summed E-state index contributed by atoms with van der Waals surface area (Å²) < 4.78 is 29.7. The highest BCUT2D eigenvalue weighted by Gasteiger charge is 2.23. The molecular weight excluding hydrogens is 300 g/mol. The molecule has 0 saturated heterocycles. The van der Waals surface area contributed by atoms with E-state index in [4.69, 9.17) is 0 Å². The number of ether oxygens (including phenoxy) is 1. The number of nitrogens with zero attached hydrogens (tertiary/aromatic N) is 2. The molecule has 1 rings (SSSR count). The van der Waals surface area contributed by atoms with E-state index < -0.39 is 26.7 Å². The topological polar surface area (TPSA) is 107 Å². The van der Waals surface area contributed by atoms with Crippen LogP contribution in [0.15, 0.2) is 24.3 Å². The molecule has 0 aromatic heterocycles. The molecule has 0 amide bonds. The Hall–Kier alpha value is -2.00. The highest BCUT2D eigenvalue weighted by molar-refractivity contribution is 7.88. The minimum Gasteiger partial charge on any atom is -0.469 e.